The molecule has 1 aliphatic heterocycles. The largest absolute Gasteiger partial charge is 0.383 e. The zero-order valence-electron chi connectivity index (χ0n) is 12.7. The van der Waals surface area contributed by atoms with Gasteiger partial charge in [-0.15, -0.1) is 5.10 Å². The van der Waals surface area contributed by atoms with Crippen LogP contribution in [-0.4, -0.2) is 67.1 Å². The molecule has 1 amide bonds. The SMILES string of the molecule is COCCNC(=O)c1cnc2sc(N3CCOCC3)nn2c1=O. The van der Waals surface area contributed by atoms with Crippen molar-refractivity contribution in [2.45, 2.75) is 0 Å². The van der Waals surface area contributed by atoms with E-state index in [9.17, 15) is 9.59 Å². The van der Waals surface area contributed by atoms with Crippen molar-refractivity contribution in [2.75, 3.05) is 51.5 Å². The minimum atomic E-state index is -0.477. The van der Waals surface area contributed by atoms with Crippen molar-refractivity contribution in [3.8, 4) is 0 Å². The summed E-state index contributed by atoms with van der Waals surface area (Å²) in [6, 6.07) is 0. The summed E-state index contributed by atoms with van der Waals surface area (Å²) in [5.74, 6) is -0.477. The van der Waals surface area contributed by atoms with Gasteiger partial charge in [-0.3, -0.25) is 9.59 Å². The van der Waals surface area contributed by atoms with Crippen molar-refractivity contribution < 1.29 is 14.3 Å². The number of anilines is 1. The Morgan fingerprint density at radius 3 is 3.00 bits per heavy atom. The summed E-state index contributed by atoms with van der Waals surface area (Å²) >= 11 is 1.32. The van der Waals surface area contributed by atoms with Gasteiger partial charge in [0, 0.05) is 32.9 Å². The van der Waals surface area contributed by atoms with Crippen LogP contribution in [0, 0.1) is 0 Å². The van der Waals surface area contributed by atoms with Crippen LogP contribution in [0.1, 0.15) is 10.4 Å². The van der Waals surface area contributed by atoms with Crippen LogP contribution in [0.15, 0.2) is 11.0 Å². The second kappa shape index (κ2) is 7.02. The maximum atomic E-state index is 12.4. The lowest BCUT2D eigenvalue weighted by atomic mass is 10.3. The number of carbonyl (C=O) groups is 1. The predicted octanol–water partition coefficient (Wildman–Crippen LogP) is -0.636. The van der Waals surface area contributed by atoms with Crippen molar-refractivity contribution in [3.63, 3.8) is 0 Å². The molecule has 0 saturated carbocycles. The molecule has 0 unspecified atom stereocenters. The predicted molar refractivity (Wildman–Crippen MR) is 84.4 cm³/mol. The van der Waals surface area contributed by atoms with E-state index in [2.05, 4.69) is 15.4 Å². The molecule has 1 N–H and O–H groups in total. The zero-order valence-corrected chi connectivity index (χ0v) is 13.5. The molecule has 23 heavy (non-hydrogen) atoms. The quantitative estimate of drug-likeness (QED) is 0.724. The third kappa shape index (κ3) is 3.33. The standard InChI is InChI=1S/C13H17N5O4S/c1-21-5-2-14-10(19)9-8-15-12-18(11(9)20)16-13(23-12)17-3-6-22-7-4-17/h8H,2-7H2,1H3,(H,14,19). The lowest BCUT2D eigenvalue weighted by molar-refractivity contribution is 0.0935. The highest BCUT2D eigenvalue weighted by atomic mass is 32.1. The fourth-order valence-electron chi connectivity index (χ4n) is 2.18. The first-order chi connectivity index (χ1) is 11.2. The molecule has 1 fully saturated rings. The van der Waals surface area contributed by atoms with Crippen molar-refractivity contribution in [3.05, 3.63) is 22.1 Å². The summed E-state index contributed by atoms with van der Waals surface area (Å²) in [6.07, 6.45) is 1.29. The number of hydrogen-bond acceptors (Lipinski definition) is 8. The Labute approximate surface area is 135 Å². The number of nitrogens with one attached hydrogen (secondary N) is 1. The van der Waals surface area contributed by atoms with Gasteiger partial charge < -0.3 is 19.7 Å². The molecular formula is C13H17N5O4S. The number of carbonyl (C=O) groups excluding carboxylic acids is 1. The van der Waals surface area contributed by atoms with E-state index in [1.165, 1.54) is 29.2 Å². The smallest absolute Gasteiger partial charge is 0.288 e. The second-order valence-corrected chi connectivity index (χ2v) is 5.84. The average molecular weight is 339 g/mol. The second-order valence-electron chi connectivity index (χ2n) is 4.90. The monoisotopic (exact) mass is 339 g/mol. The molecule has 0 bridgehead atoms. The Morgan fingerprint density at radius 2 is 2.26 bits per heavy atom. The number of hydrogen-bond donors (Lipinski definition) is 1. The normalized spacial score (nSPS) is 15.1. The van der Waals surface area contributed by atoms with Gasteiger partial charge >= 0.3 is 0 Å². The summed E-state index contributed by atoms with van der Waals surface area (Å²) < 4.78 is 11.3. The molecule has 0 aliphatic carbocycles. The highest BCUT2D eigenvalue weighted by Crippen LogP contribution is 2.21. The molecule has 0 aromatic carbocycles. The maximum Gasteiger partial charge on any atom is 0.288 e. The Hall–Kier alpha value is -2.04. The maximum absolute atomic E-state index is 12.4. The van der Waals surface area contributed by atoms with Crippen LogP contribution in [0.25, 0.3) is 4.96 Å². The molecule has 10 heteroatoms. The van der Waals surface area contributed by atoms with Gasteiger partial charge in [0.05, 0.1) is 19.8 Å². The summed E-state index contributed by atoms with van der Waals surface area (Å²) in [5, 5.41) is 7.61. The summed E-state index contributed by atoms with van der Waals surface area (Å²) in [5.41, 5.74) is -0.502. The molecule has 9 nitrogen and oxygen atoms in total. The van der Waals surface area contributed by atoms with E-state index in [0.717, 1.165) is 13.1 Å². The van der Waals surface area contributed by atoms with E-state index < -0.39 is 11.5 Å². The van der Waals surface area contributed by atoms with E-state index in [1.807, 2.05) is 4.90 Å². The van der Waals surface area contributed by atoms with Gasteiger partial charge in [0.25, 0.3) is 11.5 Å². The van der Waals surface area contributed by atoms with Crippen LogP contribution in [0.3, 0.4) is 0 Å². The highest BCUT2D eigenvalue weighted by molar-refractivity contribution is 7.20. The van der Waals surface area contributed by atoms with Crippen LogP contribution in [0.2, 0.25) is 0 Å². The molecule has 2 aromatic rings. The van der Waals surface area contributed by atoms with E-state index >= 15 is 0 Å². The van der Waals surface area contributed by atoms with E-state index in [0.29, 0.717) is 36.5 Å². The summed E-state index contributed by atoms with van der Waals surface area (Å²) in [4.78, 5) is 31.1. The molecule has 124 valence electrons. The molecule has 3 heterocycles. The number of amides is 1. The van der Waals surface area contributed by atoms with Crippen LogP contribution >= 0.6 is 11.3 Å². The Morgan fingerprint density at radius 1 is 1.48 bits per heavy atom. The highest BCUT2D eigenvalue weighted by Gasteiger charge is 2.19. The Bertz CT molecular complexity index is 752. The first-order valence-corrected chi connectivity index (χ1v) is 8.01. The lowest BCUT2D eigenvalue weighted by Crippen LogP contribution is -2.36. The van der Waals surface area contributed by atoms with Gasteiger partial charge in [0.1, 0.15) is 5.56 Å². The zero-order chi connectivity index (χ0) is 16.2. The number of methoxy groups -OCH3 is 1. The lowest BCUT2D eigenvalue weighted by Gasteiger charge is -2.25. The molecular weight excluding hydrogens is 322 g/mol. The summed E-state index contributed by atoms with van der Waals surface area (Å²) in [7, 11) is 1.54. The average Bonchev–Trinajstić information content (AvgIpc) is 3.01. The van der Waals surface area contributed by atoms with Gasteiger partial charge in [0.2, 0.25) is 10.1 Å². The van der Waals surface area contributed by atoms with Crippen molar-refractivity contribution in [1.82, 2.24) is 19.9 Å². The van der Waals surface area contributed by atoms with Gasteiger partial charge in [0.15, 0.2) is 0 Å². The van der Waals surface area contributed by atoms with Crippen LogP contribution in [-0.2, 0) is 9.47 Å². The van der Waals surface area contributed by atoms with Gasteiger partial charge in [-0.2, -0.15) is 4.52 Å². The first-order valence-electron chi connectivity index (χ1n) is 7.19. The topological polar surface area (TPSA) is 98.1 Å². The number of rotatable bonds is 5. The number of aromatic nitrogens is 3. The fourth-order valence-corrected chi connectivity index (χ4v) is 3.09. The van der Waals surface area contributed by atoms with Gasteiger partial charge in [-0.25, -0.2) is 4.98 Å². The molecule has 1 aliphatic rings. The van der Waals surface area contributed by atoms with Crippen molar-refractivity contribution >= 4 is 27.3 Å². The van der Waals surface area contributed by atoms with Gasteiger partial charge in [-0.05, 0) is 0 Å². The number of morpholine rings is 1. The van der Waals surface area contributed by atoms with E-state index in [4.69, 9.17) is 9.47 Å². The van der Waals surface area contributed by atoms with Crippen LogP contribution in [0.4, 0.5) is 5.13 Å². The van der Waals surface area contributed by atoms with Gasteiger partial charge in [-0.1, -0.05) is 11.3 Å². The minimum absolute atomic E-state index is 0.0302. The van der Waals surface area contributed by atoms with E-state index in [-0.39, 0.29) is 5.56 Å². The minimum Gasteiger partial charge on any atom is -0.383 e. The molecule has 2 aromatic heterocycles. The molecule has 0 atom stereocenters. The Kier molecular flexibility index (Phi) is 4.84. The van der Waals surface area contributed by atoms with Crippen molar-refractivity contribution in [2.24, 2.45) is 0 Å². The molecule has 0 radical (unpaired) electrons. The number of nitrogens with zero attached hydrogens (tertiary/aromatic N) is 4. The molecule has 3 rings (SSSR count). The molecule has 0 spiro atoms. The van der Waals surface area contributed by atoms with Crippen LogP contribution in [0.5, 0.6) is 0 Å². The van der Waals surface area contributed by atoms with Crippen molar-refractivity contribution in [1.29, 1.82) is 0 Å². The number of fused-ring (bicyclic) bond motifs is 1. The third-order valence-electron chi connectivity index (χ3n) is 3.39. The molecule has 1 saturated heterocycles. The third-order valence-corrected chi connectivity index (χ3v) is 4.38. The number of ether oxygens (including phenoxy) is 2. The van der Waals surface area contributed by atoms with E-state index in [1.54, 1.807) is 0 Å². The Balaban J connectivity index is 1.86. The summed E-state index contributed by atoms with van der Waals surface area (Å²) in [6.45, 7) is 3.41. The van der Waals surface area contributed by atoms with Crippen LogP contribution < -0.4 is 15.8 Å². The fraction of sp³-hybridized carbons (Fsp3) is 0.538. The first kappa shape index (κ1) is 15.8.